The second-order valence-corrected chi connectivity index (χ2v) is 10.2. The van der Waals surface area contributed by atoms with Crippen LogP contribution in [0.1, 0.15) is 67.4 Å². The van der Waals surface area contributed by atoms with Crippen molar-refractivity contribution in [2.75, 3.05) is 0 Å². The van der Waals surface area contributed by atoms with Crippen LogP contribution in [-0.4, -0.2) is 26.6 Å². The van der Waals surface area contributed by atoms with Crippen LogP contribution >= 0.6 is 23.2 Å². The fourth-order valence-electron chi connectivity index (χ4n) is 4.96. The molecule has 0 bridgehead atoms. The van der Waals surface area contributed by atoms with Crippen LogP contribution in [0.5, 0.6) is 5.75 Å². The number of halogens is 2. The summed E-state index contributed by atoms with van der Waals surface area (Å²) >= 11 is 13.0. The molecular formula is C29H22Cl2N2O4. The summed E-state index contributed by atoms with van der Waals surface area (Å²) in [6, 6.07) is 15.5. The van der Waals surface area contributed by atoms with Crippen LogP contribution in [0.3, 0.4) is 0 Å². The fraction of sp³-hybridized carbons (Fsp3) is 0.207. The Balaban J connectivity index is 1.29. The number of carboxylic acid groups (broad SMARTS) is 1. The number of carbonyl (C=O) groups excluding carboxylic acids is 1. The molecule has 0 unspecified atom stereocenters. The first-order chi connectivity index (χ1) is 17.9. The lowest BCUT2D eigenvalue weighted by molar-refractivity contribution is 0.0696. The van der Waals surface area contributed by atoms with Gasteiger partial charge in [-0.2, -0.15) is 5.10 Å². The summed E-state index contributed by atoms with van der Waals surface area (Å²) < 4.78 is 8.01. The summed E-state index contributed by atoms with van der Waals surface area (Å²) in [6.45, 7) is 0.266. The molecule has 37 heavy (non-hydrogen) atoms. The van der Waals surface area contributed by atoms with Crippen LogP contribution < -0.4 is 4.74 Å². The lowest BCUT2D eigenvalue weighted by Crippen LogP contribution is -2.09. The summed E-state index contributed by atoms with van der Waals surface area (Å²) in [6.07, 6.45) is 5.27. The number of hydrogen-bond donors (Lipinski definition) is 1. The largest absolute Gasteiger partial charge is 0.487 e. The van der Waals surface area contributed by atoms with Crippen molar-refractivity contribution < 1.29 is 19.4 Å². The van der Waals surface area contributed by atoms with E-state index in [1.54, 1.807) is 47.1 Å². The number of ketones is 1. The second kappa shape index (κ2) is 9.36. The number of para-hydroxylation sites is 1. The minimum absolute atomic E-state index is 0.103. The van der Waals surface area contributed by atoms with Gasteiger partial charge in [-0.05, 0) is 91.3 Å². The Morgan fingerprint density at radius 2 is 1.68 bits per heavy atom. The van der Waals surface area contributed by atoms with Gasteiger partial charge in [-0.3, -0.25) is 4.79 Å². The van der Waals surface area contributed by atoms with E-state index >= 15 is 0 Å². The molecule has 2 aliphatic rings. The zero-order chi connectivity index (χ0) is 25.7. The Morgan fingerprint density at radius 3 is 2.35 bits per heavy atom. The van der Waals surface area contributed by atoms with E-state index in [0.29, 0.717) is 51.4 Å². The average Bonchev–Trinajstić information content (AvgIpc) is 3.67. The third kappa shape index (κ3) is 4.41. The molecule has 186 valence electrons. The smallest absolute Gasteiger partial charge is 0.335 e. The molecule has 1 aromatic heterocycles. The third-order valence-electron chi connectivity index (χ3n) is 7.03. The van der Waals surface area contributed by atoms with E-state index in [2.05, 4.69) is 5.10 Å². The molecule has 2 aliphatic carbocycles. The lowest BCUT2D eigenvalue weighted by Gasteiger charge is -2.14. The number of carboxylic acids is 1. The topological polar surface area (TPSA) is 81.4 Å². The zero-order valence-corrected chi connectivity index (χ0v) is 21.2. The highest BCUT2D eigenvalue weighted by Gasteiger charge is 2.30. The van der Waals surface area contributed by atoms with Gasteiger partial charge in [0.15, 0.2) is 5.78 Å². The summed E-state index contributed by atoms with van der Waals surface area (Å²) in [4.78, 5) is 24.6. The minimum Gasteiger partial charge on any atom is -0.487 e. The van der Waals surface area contributed by atoms with Crippen LogP contribution in [0.2, 0.25) is 10.0 Å². The molecule has 0 amide bonds. The number of aromatic nitrogens is 2. The predicted molar refractivity (Wildman–Crippen MR) is 141 cm³/mol. The van der Waals surface area contributed by atoms with Crippen molar-refractivity contribution >= 4 is 35.0 Å². The van der Waals surface area contributed by atoms with Crippen molar-refractivity contribution in [3.05, 3.63) is 110 Å². The van der Waals surface area contributed by atoms with Crippen LogP contribution in [0.4, 0.5) is 0 Å². The second-order valence-electron chi connectivity index (χ2n) is 9.42. The number of aryl methyl sites for hydroxylation is 2. The normalized spacial score (nSPS) is 14.6. The molecule has 0 atom stereocenters. The molecule has 1 fully saturated rings. The molecule has 0 spiro atoms. The number of benzene rings is 3. The molecule has 3 aromatic carbocycles. The van der Waals surface area contributed by atoms with Crippen LogP contribution in [-0.2, 0) is 19.4 Å². The zero-order valence-electron chi connectivity index (χ0n) is 19.7. The predicted octanol–water partition coefficient (Wildman–Crippen LogP) is 6.66. The van der Waals surface area contributed by atoms with E-state index in [1.165, 1.54) is 6.07 Å². The number of ether oxygens (including phenoxy) is 1. The molecule has 0 radical (unpaired) electrons. The highest BCUT2D eigenvalue weighted by atomic mass is 35.5. The number of aromatic carboxylic acids is 1. The summed E-state index contributed by atoms with van der Waals surface area (Å²) in [7, 11) is 0. The fourth-order valence-corrected chi connectivity index (χ4v) is 5.52. The highest BCUT2D eigenvalue weighted by molar-refractivity contribution is 6.37. The SMILES string of the molecule is O=C(O)c1ccc2c(c1)CCc1cc(OCc3c(C4CC4)cnn3-c3c(Cl)cccc3Cl)ccc1C2=O. The molecule has 4 aromatic rings. The maximum absolute atomic E-state index is 13.2. The Hall–Kier alpha value is -3.61. The molecule has 1 heterocycles. The van der Waals surface area contributed by atoms with Crippen molar-refractivity contribution in [1.82, 2.24) is 9.78 Å². The molecule has 6 rings (SSSR count). The van der Waals surface area contributed by atoms with Gasteiger partial charge in [0, 0.05) is 16.7 Å². The van der Waals surface area contributed by atoms with E-state index in [-0.39, 0.29) is 18.0 Å². The highest BCUT2D eigenvalue weighted by Crippen LogP contribution is 2.43. The minimum atomic E-state index is -1.00. The Bertz CT molecular complexity index is 1550. The number of nitrogens with zero attached hydrogens (tertiary/aromatic N) is 2. The Morgan fingerprint density at radius 1 is 1.00 bits per heavy atom. The number of hydrogen-bond acceptors (Lipinski definition) is 4. The number of rotatable bonds is 6. The number of fused-ring (bicyclic) bond motifs is 2. The van der Waals surface area contributed by atoms with E-state index in [4.69, 9.17) is 27.9 Å². The van der Waals surface area contributed by atoms with E-state index in [1.807, 2.05) is 12.3 Å². The average molecular weight is 533 g/mol. The van der Waals surface area contributed by atoms with Crippen molar-refractivity contribution in [3.8, 4) is 11.4 Å². The molecule has 0 aliphatic heterocycles. The van der Waals surface area contributed by atoms with Crippen LogP contribution in [0, 0.1) is 0 Å². The first-order valence-electron chi connectivity index (χ1n) is 12.1. The van der Waals surface area contributed by atoms with Crippen molar-refractivity contribution in [2.45, 2.75) is 38.2 Å². The quantitative estimate of drug-likeness (QED) is 0.300. The Kier molecular flexibility index (Phi) is 6.01. The molecular weight excluding hydrogens is 511 g/mol. The maximum Gasteiger partial charge on any atom is 0.335 e. The van der Waals surface area contributed by atoms with Gasteiger partial charge in [0.2, 0.25) is 0 Å². The standard InChI is InChI=1S/C29H22Cl2N2O4/c30-24-2-1-3-25(31)27(24)33-26(23(14-32-33)16-4-5-16)15-37-20-9-11-22-18(13-20)7-6-17-12-19(29(35)36)8-10-21(17)28(22)34/h1-3,8-14,16H,4-7,15H2,(H,35,36). The lowest BCUT2D eigenvalue weighted by atomic mass is 9.97. The van der Waals surface area contributed by atoms with Gasteiger partial charge >= 0.3 is 5.97 Å². The van der Waals surface area contributed by atoms with E-state index < -0.39 is 5.97 Å². The third-order valence-corrected chi connectivity index (χ3v) is 7.64. The summed E-state index contributed by atoms with van der Waals surface area (Å²) in [5, 5.41) is 14.9. The van der Waals surface area contributed by atoms with E-state index in [0.717, 1.165) is 35.2 Å². The van der Waals surface area contributed by atoms with Gasteiger partial charge < -0.3 is 9.84 Å². The van der Waals surface area contributed by atoms with Crippen molar-refractivity contribution in [1.29, 1.82) is 0 Å². The molecule has 6 nitrogen and oxygen atoms in total. The molecule has 0 saturated heterocycles. The monoisotopic (exact) mass is 532 g/mol. The first kappa shape index (κ1) is 23.8. The van der Waals surface area contributed by atoms with E-state index in [9.17, 15) is 14.7 Å². The van der Waals surface area contributed by atoms with Crippen molar-refractivity contribution in [3.63, 3.8) is 0 Å². The van der Waals surface area contributed by atoms with Crippen LogP contribution in [0.15, 0.2) is 60.8 Å². The van der Waals surface area contributed by atoms with Gasteiger partial charge in [0.25, 0.3) is 0 Å². The van der Waals surface area contributed by atoms with Gasteiger partial charge in [0.05, 0.1) is 27.5 Å². The summed E-state index contributed by atoms with van der Waals surface area (Å²) in [5.74, 6) is -0.0139. The van der Waals surface area contributed by atoms with Crippen molar-refractivity contribution in [2.24, 2.45) is 0 Å². The van der Waals surface area contributed by atoms with Gasteiger partial charge in [-0.25, -0.2) is 9.48 Å². The number of carbonyl (C=O) groups is 2. The van der Waals surface area contributed by atoms with Gasteiger partial charge in [0.1, 0.15) is 18.0 Å². The maximum atomic E-state index is 13.2. The Labute approximate surface area is 223 Å². The van der Waals surface area contributed by atoms with Gasteiger partial charge in [-0.15, -0.1) is 0 Å². The molecule has 1 N–H and O–H groups in total. The summed E-state index contributed by atoms with van der Waals surface area (Å²) in [5.41, 5.74) is 5.62. The van der Waals surface area contributed by atoms with Gasteiger partial charge in [-0.1, -0.05) is 29.3 Å². The van der Waals surface area contributed by atoms with Crippen LogP contribution in [0.25, 0.3) is 5.69 Å². The first-order valence-corrected chi connectivity index (χ1v) is 12.8. The molecule has 1 saturated carbocycles. The molecule has 8 heteroatoms.